The normalized spacial score (nSPS) is 18.7. The van der Waals surface area contributed by atoms with Crippen LogP contribution in [0.5, 0.6) is 0 Å². The smallest absolute Gasteiger partial charge is 0.326 e. The van der Waals surface area contributed by atoms with Gasteiger partial charge in [0.2, 0.25) is 17.7 Å². The van der Waals surface area contributed by atoms with E-state index in [0.29, 0.717) is 6.42 Å². The maximum Gasteiger partial charge on any atom is 0.326 e. The van der Waals surface area contributed by atoms with E-state index in [2.05, 4.69) is 23.3 Å². The predicted octanol–water partition coefficient (Wildman–Crippen LogP) is -2.76. The standard InChI is InChI=1S/C16H24N4O9S/c17-7(4-11(21)22)13(25)18-8(5-12(23)24)14(26)19-9(6-30)15(27)20-3-1-2-10(20)16(28)29/h7-10,30H,1-6,17H2,(H,18,25)(H,19,26)(H,21,22)(H,23,24)(H,28,29). The minimum atomic E-state index is -1.64. The Labute approximate surface area is 176 Å². The maximum atomic E-state index is 12.6. The molecule has 3 amide bonds. The highest BCUT2D eigenvalue weighted by molar-refractivity contribution is 7.80. The Bertz CT molecular complexity index is 717. The van der Waals surface area contributed by atoms with Gasteiger partial charge < -0.3 is 36.6 Å². The van der Waals surface area contributed by atoms with Crippen LogP contribution in [0.25, 0.3) is 0 Å². The average Bonchev–Trinajstić information content (AvgIpc) is 3.13. The molecule has 13 nitrogen and oxygen atoms in total. The first kappa shape index (κ1) is 25.2. The Morgan fingerprint density at radius 1 is 0.967 bits per heavy atom. The molecule has 4 unspecified atom stereocenters. The van der Waals surface area contributed by atoms with Gasteiger partial charge in [-0.3, -0.25) is 24.0 Å². The van der Waals surface area contributed by atoms with Crippen LogP contribution in [-0.2, 0) is 28.8 Å². The Hall–Kier alpha value is -2.87. The van der Waals surface area contributed by atoms with Crippen molar-refractivity contribution in [1.82, 2.24) is 15.5 Å². The number of aliphatic carboxylic acids is 3. The molecule has 0 aromatic heterocycles. The zero-order valence-corrected chi connectivity index (χ0v) is 16.7. The van der Waals surface area contributed by atoms with Crippen molar-refractivity contribution in [2.45, 2.75) is 49.9 Å². The fraction of sp³-hybridized carbons (Fsp3) is 0.625. The molecule has 0 radical (unpaired) electrons. The van der Waals surface area contributed by atoms with Gasteiger partial charge in [-0.2, -0.15) is 12.6 Å². The molecule has 0 aromatic carbocycles. The molecule has 0 aliphatic carbocycles. The van der Waals surface area contributed by atoms with Gasteiger partial charge >= 0.3 is 17.9 Å². The molecule has 14 heteroatoms. The van der Waals surface area contributed by atoms with E-state index in [1.807, 2.05) is 0 Å². The molecule has 30 heavy (non-hydrogen) atoms. The number of hydrogen-bond acceptors (Lipinski definition) is 8. The number of likely N-dealkylation sites (tertiary alicyclic amines) is 1. The number of rotatable bonds is 11. The van der Waals surface area contributed by atoms with Gasteiger partial charge in [0.05, 0.1) is 18.9 Å². The third-order valence-corrected chi connectivity index (χ3v) is 4.73. The lowest BCUT2D eigenvalue weighted by Gasteiger charge is -2.27. The van der Waals surface area contributed by atoms with Crippen LogP contribution in [0.3, 0.4) is 0 Å². The van der Waals surface area contributed by atoms with Gasteiger partial charge in [-0.15, -0.1) is 0 Å². The second-order valence-corrected chi connectivity index (χ2v) is 7.00. The van der Waals surface area contributed by atoms with E-state index in [-0.39, 0.29) is 18.7 Å². The Morgan fingerprint density at radius 3 is 2.03 bits per heavy atom. The predicted molar refractivity (Wildman–Crippen MR) is 103 cm³/mol. The van der Waals surface area contributed by atoms with Crippen LogP contribution in [0.2, 0.25) is 0 Å². The second-order valence-electron chi connectivity index (χ2n) is 6.64. The zero-order chi connectivity index (χ0) is 23.0. The Kier molecular flexibility index (Phi) is 9.52. The van der Waals surface area contributed by atoms with Crippen molar-refractivity contribution < 1.29 is 44.1 Å². The summed E-state index contributed by atoms with van der Waals surface area (Å²) in [4.78, 5) is 71.2. The zero-order valence-electron chi connectivity index (χ0n) is 15.8. The first-order valence-electron chi connectivity index (χ1n) is 8.92. The summed E-state index contributed by atoms with van der Waals surface area (Å²) in [5.74, 6) is -7.00. The number of carbonyl (C=O) groups is 6. The highest BCUT2D eigenvalue weighted by atomic mass is 32.1. The quantitative estimate of drug-likeness (QED) is 0.161. The summed E-state index contributed by atoms with van der Waals surface area (Å²) in [6.07, 6.45) is -0.870. The molecule has 0 spiro atoms. The van der Waals surface area contributed by atoms with Gasteiger partial charge in [-0.05, 0) is 12.8 Å². The van der Waals surface area contributed by atoms with Crippen molar-refractivity contribution in [3.8, 4) is 0 Å². The molecular formula is C16H24N4O9S. The van der Waals surface area contributed by atoms with Gasteiger partial charge in [0, 0.05) is 12.3 Å². The van der Waals surface area contributed by atoms with E-state index in [0.717, 1.165) is 4.90 Å². The number of nitrogens with zero attached hydrogens (tertiary/aromatic N) is 1. The Balaban J connectivity index is 2.88. The highest BCUT2D eigenvalue weighted by Crippen LogP contribution is 2.19. The minimum Gasteiger partial charge on any atom is -0.481 e. The van der Waals surface area contributed by atoms with Gasteiger partial charge in [0.15, 0.2) is 0 Å². The third kappa shape index (κ3) is 7.18. The minimum absolute atomic E-state index is 0.176. The van der Waals surface area contributed by atoms with Crippen LogP contribution in [0.1, 0.15) is 25.7 Å². The molecule has 4 atom stereocenters. The average molecular weight is 448 g/mol. The highest BCUT2D eigenvalue weighted by Gasteiger charge is 2.38. The lowest BCUT2D eigenvalue weighted by atomic mass is 10.1. The molecule has 1 rings (SSSR count). The van der Waals surface area contributed by atoms with Gasteiger partial charge in [0.25, 0.3) is 0 Å². The summed E-state index contributed by atoms with van der Waals surface area (Å²) in [7, 11) is 0. The first-order chi connectivity index (χ1) is 14.0. The van der Waals surface area contributed by atoms with Crippen LogP contribution in [0, 0.1) is 0 Å². The van der Waals surface area contributed by atoms with Gasteiger partial charge in [-0.25, -0.2) is 4.79 Å². The molecule has 1 aliphatic heterocycles. The fourth-order valence-electron chi connectivity index (χ4n) is 2.89. The number of carboxylic acid groups (broad SMARTS) is 3. The van der Waals surface area contributed by atoms with Crippen LogP contribution < -0.4 is 16.4 Å². The lowest BCUT2D eigenvalue weighted by Crippen LogP contribution is -2.58. The molecule has 0 bridgehead atoms. The molecule has 0 aromatic rings. The molecule has 0 saturated carbocycles. The fourth-order valence-corrected chi connectivity index (χ4v) is 3.14. The number of nitrogens with two attached hydrogens (primary N) is 1. The first-order valence-corrected chi connectivity index (χ1v) is 9.55. The molecule has 7 N–H and O–H groups in total. The summed E-state index contributed by atoms with van der Waals surface area (Å²) in [6.45, 7) is 0.176. The maximum absolute atomic E-state index is 12.6. The number of amides is 3. The van der Waals surface area contributed by atoms with Crippen LogP contribution in [0.4, 0.5) is 0 Å². The number of carboxylic acids is 3. The van der Waals surface area contributed by atoms with Crippen LogP contribution >= 0.6 is 12.6 Å². The van der Waals surface area contributed by atoms with E-state index in [1.165, 1.54) is 0 Å². The van der Waals surface area contributed by atoms with Crippen LogP contribution in [0.15, 0.2) is 0 Å². The monoisotopic (exact) mass is 448 g/mol. The van der Waals surface area contributed by atoms with Crippen molar-refractivity contribution in [3.63, 3.8) is 0 Å². The number of carbonyl (C=O) groups excluding carboxylic acids is 3. The molecule has 168 valence electrons. The van der Waals surface area contributed by atoms with E-state index in [4.69, 9.17) is 15.9 Å². The van der Waals surface area contributed by atoms with Crippen molar-refractivity contribution >= 4 is 48.3 Å². The van der Waals surface area contributed by atoms with Crippen molar-refractivity contribution in [1.29, 1.82) is 0 Å². The van der Waals surface area contributed by atoms with E-state index >= 15 is 0 Å². The molecular weight excluding hydrogens is 424 g/mol. The SMILES string of the molecule is NC(CC(=O)O)C(=O)NC(CC(=O)O)C(=O)NC(CS)C(=O)N1CCCC1C(=O)O. The molecule has 1 heterocycles. The third-order valence-electron chi connectivity index (χ3n) is 4.36. The molecule has 1 fully saturated rings. The van der Waals surface area contributed by atoms with Crippen molar-refractivity contribution in [2.75, 3.05) is 12.3 Å². The van der Waals surface area contributed by atoms with Gasteiger partial charge in [0.1, 0.15) is 18.1 Å². The number of thiol groups is 1. The topological polar surface area (TPSA) is 216 Å². The summed E-state index contributed by atoms with van der Waals surface area (Å²) >= 11 is 3.98. The summed E-state index contributed by atoms with van der Waals surface area (Å²) in [5.41, 5.74) is 5.40. The van der Waals surface area contributed by atoms with Crippen LogP contribution in [-0.4, -0.2) is 92.3 Å². The molecule has 1 aliphatic rings. The number of nitrogens with one attached hydrogen (secondary N) is 2. The van der Waals surface area contributed by atoms with Gasteiger partial charge in [-0.1, -0.05) is 0 Å². The Morgan fingerprint density at radius 2 is 1.53 bits per heavy atom. The van der Waals surface area contributed by atoms with Crippen molar-refractivity contribution in [2.24, 2.45) is 5.73 Å². The van der Waals surface area contributed by atoms with E-state index < -0.39 is 72.6 Å². The summed E-state index contributed by atoms with van der Waals surface area (Å²) in [6, 6.07) is -5.46. The van der Waals surface area contributed by atoms with Crippen molar-refractivity contribution in [3.05, 3.63) is 0 Å². The largest absolute Gasteiger partial charge is 0.481 e. The lowest BCUT2D eigenvalue weighted by molar-refractivity contribution is -0.149. The van der Waals surface area contributed by atoms with E-state index in [1.54, 1.807) is 0 Å². The van der Waals surface area contributed by atoms with E-state index in [9.17, 15) is 33.9 Å². The molecule has 1 saturated heterocycles. The number of hydrogen-bond donors (Lipinski definition) is 7. The second kappa shape index (κ2) is 11.3. The summed E-state index contributed by atoms with van der Waals surface area (Å²) in [5, 5.41) is 31.2. The summed E-state index contributed by atoms with van der Waals surface area (Å²) < 4.78 is 0.